The Bertz CT molecular complexity index is 802. The van der Waals surface area contributed by atoms with E-state index in [9.17, 15) is 14.4 Å². The van der Waals surface area contributed by atoms with Gasteiger partial charge in [-0.3, -0.25) is 14.5 Å². The zero-order chi connectivity index (χ0) is 18.0. The molecular formula is C18H17N3O4. The number of cyclic esters (lactones) is 1. The van der Waals surface area contributed by atoms with Gasteiger partial charge in [-0.2, -0.15) is 0 Å². The standard InChI is InChI=1S/C18H17N3O4/c1-11(23)17-15(8-19)21(18(24)25-17)16-7-6-14(9-20-16)13-4-2-12(10-22)3-5-13/h2-7,9-10,15,17H,8,19H2,1H3/t15?,17-/m1/s1. The molecule has 2 N–H and O–H groups in total. The highest BCUT2D eigenvalue weighted by Gasteiger charge is 2.44. The fraction of sp³-hybridized carbons (Fsp3) is 0.222. The van der Waals surface area contributed by atoms with E-state index in [0.717, 1.165) is 17.4 Å². The first-order valence-corrected chi connectivity index (χ1v) is 7.77. The minimum absolute atomic E-state index is 0.0899. The quantitative estimate of drug-likeness (QED) is 0.833. The van der Waals surface area contributed by atoms with Crippen molar-refractivity contribution in [2.45, 2.75) is 19.1 Å². The van der Waals surface area contributed by atoms with Crippen molar-refractivity contribution in [3.8, 4) is 11.1 Å². The fourth-order valence-corrected chi connectivity index (χ4v) is 2.81. The number of hydrogen-bond donors (Lipinski definition) is 1. The summed E-state index contributed by atoms with van der Waals surface area (Å²) in [6, 6.07) is 9.98. The number of amides is 1. The number of ketones is 1. The molecule has 25 heavy (non-hydrogen) atoms. The van der Waals surface area contributed by atoms with Crippen LogP contribution in [0.3, 0.4) is 0 Å². The van der Waals surface area contributed by atoms with Gasteiger partial charge < -0.3 is 10.5 Å². The number of carbonyl (C=O) groups is 3. The van der Waals surface area contributed by atoms with E-state index in [1.54, 1.807) is 30.5 Å². The maximum atomic E-state index is 12.1. The van der Waals surface area contributed by atoms with E-state index in [-0.39, 0.29) is 12.3 Å². The molecule has 1 unspecified atom stereocenters. The average molecular weight is 339 g/mol. The summed E-state index contributed by atoms with van der Waals surface area (Å²) in [6.07, 6.45) is 0.886. The molecule has 1 aromatic heterocycles. The van der Waals surface area contributed by atoms with E-state index in [1.165, 1.54) is 11.8 Å². The van der Waals surface area contributed by atoms with Crippen LogP contribution in [0, 0.1) is 0 Å². The van der Waals surface area contributed by atoms with Gasteiger partial charge >= 0.3 is 6.09 Å². The lowest BCUT2D eigenvalue weighted by Gasteiger charge is -2.21. The van der Waals surface area contributed by atoms with Crippen LogP contribution in [-0.2, 0) is 9.53 Å². The molecule has 7 heteroatoms. The number of ether oxygens (including phenoxy) is 1. The van der Waals surface area contributed by atoms with E-state index >= 15 is 0 Å². The predicted molar refractivity (Wildman–Crippen MR) is 91.3 cm³/mol. The van der Waals surface area contributed by atoms with Gasteiger partial charge in [0.15, 0.2) is 11.9 Å². The third kappa shape index (κ3) is 3.14. The van der Waals surface area contributed by atoms with E-state index in [4.69, 9.17) is 10.5 Å². The zero-order valence-corrected chi connectivity index (χ0v) is 13.6. The van der Waals surface area contributed by atoms with Crippen LogP contribution in [0.2, 0.25) is 0 Å². The minimum Gasteiger partial charge on any atom is -0.435 e. The molecule has 2 aromatic rings. The Morgan fingerprint density at radius 3 is 2.44 bits per heavy atom. The van der Waals surface area contributed by atoms with Crippen molar-refractivity contribution in [2.75, 3.05) is 11.4 Å². The predicted octanol–water partition coefficient (Wildman–Crippen LogP) is 1.80. The Kier molecular flexibility index (Phi) is 4.58. The van der Waals surface area contributed by atoms with Crippen molar-refractivity contribution in [1.82, 2.24) is 4.98 Å². The second-order valence-corrected chi connectivity index (χ2v) is 5.73. The van der Waals surface area contributed by atoms with Crippen LogP contribution in [0.5, 0.6) is 0 Å². The van der Waals surface area contributed by atoms with Gasteiger partial charge in [-0.05, 0) is 24.6 Å². The molecule has 2 atom stereocenters. The summed E-state index contributed by atoms with van der Waals surface area (Å²) in [5.74, 6) is 0.121. The normalized spacial score (nSPS) is 19.6. The largest absolute Gasteiger partial charge is 0.435 e. The number of carbonyl (C=O) groups excluding carboxylic acids is 3. The Balaban J connectivity index is 1.87. The van der Waals surface area contributed by atoms with E-state index in [0.29, 0.717) is 11.4 Å². The topological polar surface area (TPSA) is 103 Å². The second-order valence-electron chi connectivity index (χ2n) is 5.73. The molecule has 0 radical (unpaired) electrons. The summed E-state index contributed by atoms with van der Waals surface area (Å²) >= 11 is 0. The monoisotopic (exact) mass is 339 g/mol. The van der Waals surface area contributed by atoms with Crippen LogP contribution >= 0.6 is 0 Å². The van der Waals surface area contributed by atoms with Crippen LogP contribution in [-0.4, -0.2) is 41.8 Å². The Labute approximate surface area is 144 Å². The van der Waals surface area contributed by atoms with Crippen molar-refractivity contribution >= 4 is 24.0 Å². The maximum Gasteiger partial charge on any atom is 0.416 e. The summed E-state index contributed by atoms with van der Waals surface area (Å²) in [7, 11) is 0. The van der Waals surface area contributed by atoms with Crippen LogP contribution in [0.25, 0.3) is 11.1 Å². The number of pyridine rings is 1. The molecule has 2 heterocycles. The SMILES string of the molecule is CC(=O)[C@H]1OC(=O)N(c2ccc(-c3ccc(C=O)cc3)cn2)C1CN. The number of aromatic nitrogens is 1. The molecule has 1 aliphatic rings. The lowest BCUT2D eigenvalue weighted by Crippen LogP contribution is -2.45. The first-order chi connectivity index (χ1) is 12.0. The van der Waals surface area contributed by atoms with E-state index < -0.39 is 18.2 Å². The Morgan fingerprint density at radius 2 is 1.92 bits per heavy atom. The molecule has 128 valence electrons. The second kappa shape index (κ2) is 6.82. The average Bonchev–Trinajstić information content (AvgIpc) is 2.98. The first kappa shape index (κ1) is 16.8. The number of hydrogen-bond acceptors (Lipinski definition) is 6. The molecule has 7 nitrogen and oxygen atoms in total. The maximum absolute atomic E-state index is 12.1. The molecule has 0 spiro atoms. The molecule has 0 bridgehead atoms. The fourth-order valence-electron chi connectivity index (χ4n) is 2.81. The first-order valence-electron chi connectivity index (χ1n) is 7.77. The zero-order valence-electron chi connectivity index (χ0n) is 13.6. The number of anilines is 1. The highest BCUT2D eigenvalue weighted by molar-refractivity contribution is 5.96. The van der Waals surface area contributed by atoms with Crippen molar-refractivity contribution < 1.29 is 19.1 Å². The lowest BCUT2D eigenvalue weighted by atomic mass is 10.1. The number of benzene rings is 1. The highest BCUT2D eigenvalue weighted by Crippen LogP contribution is 2.27. The minimum atomic E-state index is -0.880. The van der Waals surface area contributed by atoms with Crippen molar-refractivity contribution in [1.29, 1.82) is 0 Å². The Hall–Kier alpha value is -3.06. The van der Waals surface area contributed by atoms with Gasteiger partial charge in [0, 0.05) is 23.9 Å². The van der Waals surface area contributed by atoms with Gasteiger partial charge in [0.05, 0.1) is 6.04 Å². The van der Waals surface area contributed by atoms with Crippen LogP contribution in [0.4, 0.5) is 10.6 Å². The van der Waals surface area contributed by atoms with Gasteiger partial charge in [0.25, 0.3) is 0 Å². The summed E-state index contributed by atoms with van der Waals surface area (Å²) in [6.45, 7) is 1.45. The number of rotatable bonds is 5. The molecule has 1 aromatic carbocycles. The summed E-state index contributed by atoms with van der Waals surface area (Å²) in [4.78, 5) is 40.1. The van der Waals surface area contributed by atoms with Gasteiger partial charge in [0.1, 0.15) is 12.1 Å². The molecule has 0 aliphatic carbocycles. The van der Waals surface area contributed by atoms with Crippen molar-refractivity contribution in [3.05, 3.63) is 48.2 Å². The molecule has 3 rings (SSSR count). The molecule has 1 fully saturated rings. The highest BCUT2D eigenvalue weighted by atomic mass is 16.6. The van der Waals surface area contributed by atoms with Crippen LogP contribution in [0.15, 0.2) is 42.6 Å². The molecule has 1 amide bonds. The number of nitrogens with two attached hydrogens (primary N) is 1. The summed E-state index contributed by atoms with van der Waals surface area (Å²) in [5, 5.41) is 0. The Morgan fingerprint density at radius 1 is 1.24 bits per heavy atom. The number of Topliss-reactive ketones (excluding diaryl/α,β-unsaturated/α-hetero) is 1. The summed E-state index contributed by atoms with van der Waals surface area (Å²) in [5.41, 5.74) is 8.04. The molecule has 1 aliphatic heterocycles. The molecule has 0 saturated carbocycles. The molecule has 1 saturated heterocycles. The van der Waals surface area contributed by atoms with Gasteiger partial charge in [0.2, 0.25) is 0 Å². The van der Waals surface area contributed by atoms with Crippen molar-refractivity contribution in [3.63, 3.8) is 0 Å². The molecular weight excluding hydrogens is 322 g/mol. The van der Waals surface area contributed by atoms with Crippen LogP contribution < -0.4 is 10.6 Å². The smallest absolute Gasteiger partial charge is 0.416 e. The van der Waals surface area contributed by atoms with Crippen molar-refractivity contribution in [2.24, 2.45) is 5.73 Å². The lowest BCUT2D eigenvalue weighted by molar-refractivity contribution is -0.124. The third-order valence-corrected chi connectivity index (χ3v) is 4.12. The summed E-state index contributed by atoms with van der Waals surface area (Å²) < 4.78 is 5.12. The number of aldehydes is 1. The van der Waals surface area contributed by atoms with Gasteiger partial charge in [-0.1, -0.05) is 24.3 Å². The van der Waals surface area contributed by atoms with Gasteiger partial charge in [-0.25, -0.2) is 9.78 Å². The van der Waals surface area contributed by atoms with Gasteiger partial charge in [-0.15, -0.1) is 0 Å². The van der Waals surface area contributed by atoms with E-state index in [2.05, 4.69) is 4.98 Å². The van der Waals surface area contributed by atoms with Crippen LogP contribution in [0.1, 0.15) is 17.3 Å². The van der Waals surface area contributed by atoms with E-state index in [1.807, 2.05) is 12.1 Å². The third-order valence-electron chi connectivity index (χ3n) is 4.12. The number of nitrogens with zero attached hydrogens (tertiary/aromatic N) is 2.